The fourth-order valence-electron chi connectivity index (χ4n) is 2.97. The average molecular weight is 350 g/mol. The second-order valence-electron chi connectivity index (χ2n) is 6.81. The highest BCUT2D eigenvalue weighted by molar-refractivity contribution is 5.97. The van der Waals surface area contributed by atoms with Gasteiger partial charge in [-0.15, -0.1) is 0 Å². The predicted octanol–water partition coefficient (Wildman–Crippen LogP) is 4.98. The van der Waals surface area contributed by atoms with Crippen LogP contribution in [0.25, 0.3) is 16.9 Å². The Morgan fingerprint density at radius 1 is 1.08 bits per heavy atom. The minimum atomic E-state index is -0.279. The van der Waals surface area contributed by atoms with Crippen molar-refractivity contribution in [1.29, 1.82) is 0 Å². The maximum Gasteiger partial charge on any atom is 0.253 e. The van der Waals surface area contributed by atoms with Gasteiger partial charge in [-0.1, -0.05) is 32.0 Å². The Hall–Kier alpha value is -2.88. The van der Waals surface area contributed by atoms with Gasteiger partial charge < -0.3 is 9.88 Å². The van der Waals surface area contributed by atoms with Crippen LogP contribution < -0.4 is 5.32 Å². The van der Waals surface area contributed by atoms with Crippen molar-refractivity contribution in [1.82, 2.24) is 9.88 Å². The summed E-state index contributed by atoms with van der Waals surface area (Å²) < 4.78 is 15.4. The first-order valence-electron chi connectivity index (χ1n) is 8.79. The van der Waals surface area contributed by atoms with Gasteiger partial charge in [-0.3, -0.25) is 4.79 Å². The lowest BCUT2D eigenvalue weighted by atomic mass is 10.1. The van der Waals surface area contributed by atoms with Crippen molar-refractivity contribution in [3.63, 3.8) is 0 Å². The van der Waals surface area contributed by atoms with Crippen LogP contribution in [0.5, 0.6) is 0 Å². The molecule has 0 atom stereocenters. The molecule has 0 spiro atoms. The molecule has 4 heteroatoms. The van der Waals surface area contributed by atoms with E-state index < -0.39 is 0 Å². The van der Waals surface area contributed by atoms with Gasteiger partial charge in [-0.25, -0.2) is 4.39 Å². The Bertz CT molecular complexity index is 896. The van der Waals surface area contributed by atoms with Crippen molar-refractivity contribution in [2.45, 2.75) is 20.8 Å². The summed E-state index contributed by atoms with van der Waals surface area (Å²) >= 11 is 0. The first kappa shape index (κ1) is 17.9. The van der Waals surface area contributed by atoms with E-state index in [0.29, 0.717) is 18.0 Å². The second-order valence-corrected chi connectivity index (χ2v) is 6.81. The fourth-order valence-corrected chi connectivity index (χ4v) is 2.97. The summed E-state index contributed by atoms with van der Waals surface area (Å²) in [6, 6.07) is 18.1. The molecule has 1 N–H and O–H groups in total. The van der Waals surface area contributed by atoms with Gasteiger partial charge in [0.2, 0.25) is 0 Å². The van der Waals surface area contributed by atoms with Crippen molar-refractivity contribution in [2.75, 3.05) is 6.54 Å². The number of rotatable bonds is 5. The van der Waals surface area contributed by atoms with Gasteiger partial charge >= 0.3 is 0 Å². The molecule has 1 heterocycles. The zero-order chi connectivity index (χ0) is 18.7. The van der Waals surface area contributed by atoms with E-state index in [-0.39, 0.29) is 11.7 Å². The van der Waals surface area contributed by atoms with E-state index in [1.54, 1.807) is 12.1 Å². The Labute approximate surface area is 153 Å². The lowest BCUT2D eigenvalue weighted by Gasteiger charge is -2.12. The van der Waals surface area contributed by atoms with E-state index in [1.165, 1.54) is 12.1 Å². The molecule has 3 rings (SSSR count). The van der Waals surface area contributed by atoms with Crippen LogP contribution in [0.1, 0.15) is 29.9 Å². The number of para-hydroxylation sites is 1. The summed E-state index contributed by atoms with van der Waals surface area (Å²) in [4.78, 5) is 12.7. The predicted molar refractivity (Wildman–Crippen MR) is 103 cm³/mol. The minimum Gasteiger partial charge on any atom is -0.352 e. The third kappa shape index (κ3) is 3.69. The van der Waals surface area contributed by atoms with Crippen LogP contribution in [-0.4, -0.2) is 17.0 Å². The highest BCUT2D eigenvalue weighted by Gasteiger charge is 2.19. The smallest absolute Gasteiger partial charge is 0.253 e. The number of carbonyl (C=O) groups is 1. The fraction of sp³-hybridized carbons (Fsp3) is 0.227. The topological polar surface area (TPSA) is 34.0 Å². The van der Waals surface area contributed by atoms with Gasteiger partial charge in [-0.2, -0.15) is 0 Å². The van der Waals surface area contributed by atoms with E-state index in [0.717, 1.165) is 22.6 Å². The monoisotopic (exact) mass is 350 g/mol. The van der Waals surface area contributed by atoms with Gasteiger partial charge in [0.1, 0.15) is 5.82 Å². The molecule has 0 bridgehead atoms. The lowest BCUT2D eigenvalue weighted by Crippen LogP contribution is -2.27. The molecule has 0 radical (unpaired) electrons. The number of nitrogens with one attached hydrogen (secondary N) is 1. The standard InChI is InChI=1S/C22H23FN2O/c1-15(2)14-24-22(26)20-13-21(17-9-11-18(23)12-10-17)25(16(20)3)19-7-5-4-6-8-19/h4-13,15H,14H2,1-3H3,(H,24,26). The summed E-state index contributed by atoms with van der Waals surface area (Å²) in [5, 5.41) is 2.98. The average Bonchev–Trinajstić information content (AvgIpc) is 2.98. The summed E-state index contributed by atoms with van der Waals surface area (Å²) in [7, 11) is 0. The molecule has 0 aliphatic heterocycles. The van der Waals surface area contributed by atoms with Crippen LogP contribution in [0.2, 0.25) is 0 Å². The van der Waals surface area contributed by atoms with Crippen molar-refractivity contribution in [3.05, 3.63) is 77.7 Å². The van der Waals surface area contributed by atoms with Gasteiger partial charge in [0.25, 0.3) is 5.91 Å². The number of benzene rings is 2. The van der Waals surface area contributed by atoms with Crippen molar-refractivity contribution in [2.24, 2.45) is 5.92 Å². The minimum absolute atomic E-state index is 0.0887. The number of aromatic nitrogens is 1. The maximum atomic E-state index is 13.3. The molecular weight excluding hydrogens is 327 g/mol. The molecule has 3 aromatic rings. The number of halogens is 1. The van der Waals surface area contributed by atoms with Gasteiger partial charge in [-0.05, 0) is 60.9 Å². The van der Waals surface area contributed by atoms with E-state index in [2.05, 4.69) is 19.2 Å². The maximum absolute atomic E-state index is 13.3. The highest BCUT2D eigenvalue weighted by Crippen LogP contribution is 2.29. The Kier molecular flexibility index (Phi) is 5.21. The largest absolute Gasteiger partial charge is 0.352 e. The van der Waals surface area contributed by atoms with Gasteiger partial charge in [0.05, 0.1) is 11.3 Å². The van der Waals surface area contributed by atoms with Crippen molar-refractivity contribution < 1.29 is 9.18 Å². The quantitative estimate of drug-likeness (QED) is 0.692. The summed E-state index contributed by atoms with van der Waals surface area (Å²) in [6.07, 6.45) is 0. The van der Waals surface area contributed by atoms with Crippen LogP contribution in [0.4, 0.5) is 4.39 Å². The normalized spacial score (nSPS) is 11.0. The molecule has 134 valence electrons. The van der Waals surface area contributed by atoms with Gasteiger partial charge in [0.15, 0.2) is 0 Å². The van der Waals surface area contributed by atoms with Crippen LogP contribution in [0.3, 0.4) is 0 Å². The second kappa shape index (κ2) is 7.56. The molecule has 1 amide bonds. The van der Waals surface area contributed by atoms with Crippen molar-refractivity contribution in [3.8, 4) is 16.9 Å². The first-order chi connectivity index (χ1) is 12.5. The van der Waals surface area contributed by atoms with Gasteiger partial charge in [0, 0.05) is 17.9 Å². The van der Waals surface area contributed by atoms with E-state index >= 15 is 0 Å². The SMILES string of the molecule is Cc1c(C(=O)NCC(C)C)cc(-c2ccc(F)cc2)n1-c1ccccc1. The molecule has 0 aliphatic carbocycles. The molecule has 0 fully saturated rings. The Morgan fingerprint density at radius 3 is 2.35 bits per heavy atom. The number of hydrogen-bond donors (Lipinski definition) is 1. The van der Waals surface area contributed by atoms with E-state index in [1.807, 2.05) is 47.9 Å². The molecule has 0 aliphatic rings. The zero-order valence-electron chi connectivity index (χ0n) is 15.3. The first-order valence-corrected chi connectivity index (χ1v) is 8.79. The molecule has 26 heavy (non-hydrogen) atoms. The molecule has 3 nitrogen and oxygen atoms in total. The Balaban J connectivity index is 2.11. The number of amides is 1. The Morgan fingerprint density at radius 2 is 1.73 bits per heavy atom. The zero-order valence-corrected chi connectivity index (χ0v) is 15.3. The highest BCUT2D eigenvalue weighted by atomic mass is 19.1. The number of carbonyl (C=O) groups excluding carboxylic acids is 1. The molecule has 1 aromatic heterocycles. The van der Waals surface area contributed by atoms with Crippen LogP contribution >= 0.6 is 0 Å². The molecule has 0 saturated heterocycles. The van der Waals surface area contributed by atoms with Crippen LogP contribution in [0, 0.1) is 18.7 Å². The summed E-state index contributed by atoms with van der Waals surface area (Å²) in [5.41, 5.74) is 4.18. The van der Waals surface area contributed by atoms with Crippen molar-refractivity contribution >= 4 is 5.91 Å². The molecule has 0 unspecified atom stereocenters. The molecule has 2 aromatic carbocycles. The third-order valence-corrected chi connectivity index (χ3v) is 4.32. The molecular formula is C22H23FN2O. The van der Waals surface area contributed by atoms with E-state index in [9.17, 15) is 9.18 Å². The summed E-state index contributed by atoms with van der Waals surface area (Å²) in [6.45, 7) is 6.68. The number of nitrogens with zero attached hydrogens (tertiary/aromatic N) is 1. The summed E-state index contributed by atoms with van der Waals surface area (Å²) in [5.74, 6) is 0.0134. The third-order valence-electron chi connectivity index (χ3n) is 4.32. The van der Waals surface area contributed by atoms with Crippen LogP contribution in [0.15, 0.2) is 60.7 Å². The number of hydrogen-bond acceptors (Lipinski definition) is 1. The molecule has 0 saturated carbocycles. The van der Waals surface area contributed by atoms with E-state index in [4.69, 9.17) is 0 Å². The van der Waals surface area contributed by atoms with Crippen LogP contribution in [-0.2, 0) is 0 Å². The lowest BCUT2D eigenvalue weighted by molar-refractivity contribution is 0.0948.